The summed E-state index contributed by atoms with van der Waals surface area (Å²) in [6.45, 7) is 7.46. The number of carbonyl (C=O) groups is 2. The van der Waals surface area contributed by atoms with Crippen LogP contribution in [0.5, 0.6) is 5.88 Å². The monoisotopic (exact) mass is 523 g/mol. The third-order valence-electron chi connectivity index (χ3n) is 5.52. The van der Waals surface area contributed by atoms with E-state index in [1.165, 1.54) is 4.90 Å². The summed E-state index contributed by atoms with van der Waals surface area (Å²) in [6, 6.07) is 5.15. The van der Waals surface area contributed by atoms with Gasteiger partial charge in [-0.15, -0.1) is 0 Å². The second-order valence-corrected chi connectivity index (χ2v) is 10.0. The van der Waals surface area contributed by atoms with Crippen molar-refractivity contribution < 1.29 is 19.1 Å². The van der Waals surface area contributed by atoms with Crippen LogP contribution in [0.15, 0.2) is 24.4 Å². The molecule has 0 bridgehead atoms. The molecule has 1 aliphatic rings. The maximum absolute atomic E-state index is 12.4. The number of hydrogen-bond donors (Lipinski definition) is 3. The first-order valence-corrected chi connectivity index (χ1v) is 12.7. The highest BCUT2D eigenvalue weighted by atomic mass is 16.6. The van der Waals surface area contributed by atoms with E-state index in [1.54, 1.807) is 54.1 Å². The number of likely N-dealkylation sites (N-methyl/N-ethyl adjacent to an activating group) is 1. The Morgan fingerprint density at radius 3 is 2.68 bits per heavy atom. The van der Waals surface area contributed by atoms with Crippen molar-refractivity contribution in [3.8, 4) is 17.7 Å². The van der Waals surface area contributed by atoms with Crippen LogP contribution in [0.25, 0.3) is 0 Å². The van der Waals surface area contributed by atoms with Crippen molar-refractivity contribution in [2.75, 3.05) is 31.3 Å². The van der Waals surface area contributed by atoms with Gasteiger partial charge in [-0.1, -0.05) is 17.9 Å². The minimum atomic E-state index is -0.650. The van der Waals surface area contributed by atoms with Gasteiger partial charge in [-0.2, -0.15) is 9.97 Å². The van der Waals surface area contributed by atoms with E-state index in [4.69, 9.17) is 9.47 Å². The number of carbonyl (C=O) groups excluding carboxylic acids is 2. The molecule has 3 rings (SSSR count). The summed E-state index contributed by atoms with van der Waals surface area (Å²) in [6.07, 6.45) is 4.58. The molecule has 2 aromatic heterocycles. The smallest absolute Gasteiger partial charge is 0.410 e. The van der Waals surface area contributed by atoms with Crippen LogP contribution in [0.3, 0.4) is 0 Å². The van der Waals surface area contributed by atoms with Crippen LogP contribution >= 0.6 is 0 Å². The van der Waals surface area contributed by atoms with Gasteiger partial charge < -0.3 is 25.4 Å². The fraction of sp³-hybridized carbons (Fsp3) is 0.519. The molecule has 1 saturated carbocycles. The number of pyridine rings is 1. The SMILES string of the molecule is COc1cccc(Nc2ncc(C#CCCCNC(=O)[C@H](C)N(C)C(=O)OC(C)(C)C)c(NC3CC3)n2)n1. The Bertz CT molecular complexity index is 1180. The number of nitrogens with zero attached hydrogens (tertiary/aromatic N) is 4. The van der Waals surface area contributed by atoms with Gasteiger partial charge in [-0.25, -0.2) is 9.78 Å². The van der Waals surface area contributed by atoms with E-state index in [-0.39, 0.29) is 5.91 Å². The third kappa shape index (κ3) is 9.10. The molecule has 204 valence electrons. The molecule has 1 aliphatic carbocycles. The first-order chi connectivity index (χ1) is 18.1. The molecule has 0 radical (unpaired) electrons. The second-order valence-electron chi connectivity index (χ2n) is 10.0. The summed E-state index contributed by atoms with van der Waals surface area (Å²) in [4.78, 5) is 39.2. The van der Waals surface area contributed by atoms with E-state index in [1.807, 2.05) is 12.1 Å². The van der Waals surface area contributed by atoms with Crippen molar-refractivity contribution in [1.29, 1.82) is 0 Å². The molecular formula is C27H37N7O4. The number of hydrogen-bond acceptors (Lipinski definition) is 9. The molecule has 38 heavy (non-hydrogen) atoms. The Morgan fingerprint density at radius 1 is 1.24 bits per heavy atom. The summed E-state index contributed by atoms with van der Waals surface area (Å²) >= 11 is 0. The number of methoxy groups -OCH3 is 1. The molecule has 2 amide bonds. The number of ether oxygens (including phenoxy) is 2. The Kier molecular flexibility index (Phi) is 9.71. The molecule has 1 atom stereocenters. The lowest BCUT2D eigenvalue weighted by Crippen LogP contribution is -2.47. The molecule has 0 unspecified atom stereocenters. The fourth-order valence-corrected chi connectivity index (χ4v) is 3.14. The topological polar surface area (TPSA) is 131 Å². The van der Waals surface area contributed by atoms with E-state index in [0.717, 1.165) is 12.8 Å². The molecule has 0 spiro atoms. The molecule has 0 saturated heterocycles. The maximum atomic E-state index is 12.4. The fourth-order valence-electron chi connectivity index (χ4n) is 3.14. The van der Waals surface area contributed by atoms with Crippen molar-refractivity contribution in [3.05, 3.63) is 30.0 Å². The lowest BCUT2D eigenvalue weighted by Gasteiger charge is -2.28. The predicted molar refractivity (Wildman–Crippen MR) is 145 cm³/mol. The quantitative estimate of drug-likeness (QED) is 0.315. The molecule has 2 aromatic rings. The van der Waals surface area contributed by atoms with Gasteiger partial charge in [0, 0.05) is 32.1 Å². The lowest BCUT2D eigenvalue weighted by atomic mass is 10.2. The lowest BCUT2D eigenvalue weighted by molar-refractivity contribution is -0.125. The van der Waals surface area contributed by atoms with Gasteiger partial charge in [0.25, 0.3) is 0 Å². The second kappa shape index (κ2) is 12.9. The van der Waals surface area contributed by atoms with Crippen LogP contribution in [-0.2, 0) is 9.53 Å². The predicted octanol–water partition coefficient (Wildman–Crippen LogP) is 3.70. The van der Waals surface area contributed by atoms with Gasteiger partial charge >= 0.3 is 6.09 Å². The highest BCUT2D eigenvalue weighted by molar-refractivity contribution is 5.85. The highest BCUT2D eigenvalue weighted by Gasteiger charge is 2.26. The zero-order valence-electron chi connectivity index (χ0n) is 22.9. The largest absolute Gasteiger partial charge is 0.481 e. The normalized spacial score (nSPS) is 13.4. The van der Waals surface area contributed by atoms with E-state index in [9.17, 15) is 9.59 Å². The van der Waals surface area contributed by atoms with Crippen LogP contribution < -0.4 is 20.7 Å². The minimum absolute atomic E-state index is 0.246. The third-order valence-corrected chi connectivity index (χ3v) is 5.52. The zero-order valence-corrected chi connectivity index (χ0v) is 22.9. The van der Waals surface area contributed by atoms with E-state index in [2.05, 4.69) is 42.7 Å². The van der Waals surface area contributed by atoms with Gasteiger partial charge in [-0.05, 0) is 53.0 Å². The first kappa shape index (κ1) is 28.5. The van der Waals surface area contributed by atoms with Gasteiger partial charge in [0.15, 0.2) is 0 Å². The summed E-state index contributed by atoms with van der Waals surface area (Å²) in [5.41, 5.74) is 0.0845. The van der Waals surface area contributed by atoms with Crippen molar-refractivity contribution >= 4 is 29.6 Å². The van der Waals surface area contributed by atoms with Crippen LogP contribution in [-0.4, -0.2) is 70.2 Å². The Labute approximate surface area is 224 Å². The van der Waals surface area contributed by atoms with Crippen molar-refractivity contribution in [2.24, 2.45) is 0 Å². The zero-order chi connectivity index (χ0) is 27.7. The number of anilines is 3. The van der Waals surface area contributed by atoms with Crippen molar-refractivity contribution in [2.45, 2.75) is 71.1 Å². The molecule has 3 N–H and O–H groups in total. The number of unbranched alkanes of at least 4 members (excludes halogenated alkanes) is 1. The molecular weight excluding hydrogens is 486 g/mol. The van der Waals surface area contributed by atoms with E-state index < -0.39 is 17.7 Å². The number of amides is 2. The molecule has 1 fully saturated rings. The number of nitrogens with one attached hydrogen (secondary N) is 3. The average Bonchev–Trinajstić information content (AvgIpc) is 3.69. The van der Waals surface area contributed by atoms with Gasteiger partial charge in [-0.3, -0.25) is 9.69 Å². The first-order valence-electron chi connectivity index (χ1n) is 12.7. The van der Waals surface area contributed by atoms with E-state index >= 15 is 0 Å². The maximum Gasteiger partial charge on any atom is 0.410 e. The van der Waals surface area contributed by atoms with Crippen LogP contribution in [0.2, 0.25) is 0 Å². The Balaban J connectivity index is 1.51. The van der Waals surface area contributed by atoms with Crippen molar-refractivity contribution in [1.82, 2.24) is 25.2 Å². The standard InChI is InChI=1S/C27H37N7O4/c1-18(34(5)26(36)38-27(2,3)4)24(35)28-16-9-7-8-11-19-17-29-25(33-23(19)30-20-14-15-20)32-21-12-10-13-22(31-21)37-6/h10,12-13,17-18,20H,7,9,14-16H2,1-6H3,(H,28,35)(H2,29,30,31,32,33)/t18-/m0/s1. The van der Waals surface area contributed by atoms with Gasteiger partial charge in [0.2, 0.25) is 17.7 Å². The summed E-state index contributed by atoms with van der Waals surface area (Å²) in [7, 11) is 3.11. The van der Waals surface area contributed by atoms with Crippen LogP contribution in [0.4, 0.5) is 22.4 Å². The summed E-state index contributed by atoms with van der Waals surface area (Å²) < 4.78 is 10.5. The van der Waals surface area contributed by atoms with Crippen LogP contribution in [0.1, 0.15) is 58.9 Å². The van der Waals surface area contributed by atoms with E-state index in [0.29, 0.717) is 54.5 Å². The highest BCUT2D eigenvalue weighted by Crippen LogP contribution is 2.26. The minimum Gasteiger partial charge on any atom is -0.481 e. The Hall–Kier alpha value is -4.07. The van der Waals surface area contributed by atoms with Gasteiger partial charge in [0.1, 0.15) is 23.3 Å². The summed E-state index contributed by atoms with van der Waals surface area (Å²) in [5.74, 6) is 8.18. The molecule has 0 aliphatic heterocycles. The van der Waals surface area contributed by atoms with Crippen LogP contribution in [0, 0.1) is 11.8 Å². The summed E-state index contributed by atoms with van der Waals surface area (Å²) in [5, 5.41) is 9.35. The average molecular weight is 524 g/mol. The number of aromatic nitrogens is 3. The van der Waals surface area contributed by atoms with Gasteiger partial charge in [0.05, 0.1) is 18.9 Å². The Morgan fingerprint density at radius 2 is 2.00 bits per heavy atom. The number of rotatable bonds is 10. The molecule has 11 nitrogen and oxygen atoms in total. The molecule has 2 heterocycles. The van der Waals surface area contributed by atoms with Crippen molar-refractivity contribution in [3.63, 3.8) is 0 Å². The molecule has 11 heteroatoms. The molecule has 0 aromatic carbocycles.